The van der Waals surface area contributed by atoms with Gasteiger partial charge in [-0.2, -0.15) is 0 Å². The number of hydrogen-bond acceptors (Lipinski definition) is 5. The number of ether oxygens (including phenoxy) is 1. The lowest BCUT2D eigenvalue weighted by Gasteiger charge is -2.33. The van der Waals surface area contributed by atoms with E-state index in [-0.39, 0.29) is 13.0 Å². The number of carbonyl (C=O) groups is 4. The van der Waals surface area contributed by atoms with Gasteiger partial charge in [0.15, 0.2) is 0 Å². The number of amides is 3. The number of carbonyl (C=O) groups excluding carboxylic acids is 4. The zero-order chi connectivity index (χ0) is 20.0. The van der Waals surface area contributed by atoms with Crippen LogP contribution in [-0.4, -0.2) is 66.8 Å². The van der Waals surface area contributed by atoms with Crippen LogP contribution >= 0.6 is 0 Å². The number of methoxy groups -OCH3 is 1. The summed E-state index contributed by atoms with van der Waals surface area (Å²) in [6.07, 6.45) is -0.0260. The minimum atomic E-state index is -0.682. The molecule has 8 nitrogen and oxygen atoms in total. The van der Waals surface area contributed by atoms with Crippen molar-refractivity contribution in [2.75, 3.05) is 33.3 Å². The van der Waals surface area contributed by atoms with Crippen molar-refractivity contribution in [3.63, 3.8) is 0 Å². The summed E-state index contributed by atoms with van der Waals surface area (Å²) in [6.45, 7) is 4.67. The Morgan fingerprint density at radius 1 is 1.11 bits per heavy atom. The predicted molar refractivity (Wildman–Crippen MR) is 97.5 cm³/mol. The normalized spacial score (nSPS) is 15.5. The maximum Gasteiger partial charge on any atom is 0.312 e. The Morgan fingerprint density at radius 3 is 2.30 bits per heavy atom. The third kappa shape index (κ3) is 5.29. The van der Waals surface area contributed by atoms with E-state index in [9.17, 15) is 19.2 Å². The molecule has 3 amide bonds. The Balaban J connectivity index is 2.05. The molecule has 1 aromatic rings. The Bertz CT molecular complexity index is 717. The Morgan fingerprint density at radius 2 is 1.70 bits per heavy atom. The van der Waals surface area contributed by atoms with Gasteiger partial charge in [-0.25, -0.2) is 0 Å². The Labute approximate surface area is 158 Å². The topological polar surface area (TPSA) is 96.0 Å². The molecule has 1 unspecified atom stereocenters. The zero-order valence-corrected chi connectivity index (χ0v) is 15.9. The SMILES string of the molecule is CCN1CCN(CC(=O)NC(CC(=O)OC)c2ccc(C)cc2)C(=O)C1=O. The number of likely N-dealkylation sites (N-methyl/N-ethyl adjacent to an activating group) is 1. The minimum absolute atomic E-state index is 0.0260. The van der Waals surface area contributed by atoms with Gasteiger partial charge in [0.25, 0.3) is 0 Å². The number of piperazine rings is 1. The van der Waals surface area contributed by atoms with Crippen LogP contribution in [0, 0.1) is 6.92 Å². The van der Waals surface area contributed by atoms with Crippen LogP contribution in [-0.2, 0) is 23.9 Å². The summed E-state index contributed by atoms with van der Waals surface area (Å²) in [4.78, 5) is 50.9. The van der Waals surface area contributed by atoms with Gasteiger partial charge < -0.3 is 19.9 Å². The van der Waals surface area contributed by atoms with Gasteiger partial charge in [-0.05, 0) is 19.4 Å². The van der Waals surface area contributed by atoms with E-state index < -0.39 is 29.7 Å². The van der Waals surface area contributed by atoms with Crippen LogP contribution in [0.15, 0.2) is 24.3 Å². The number of rotatable bonds is 7. The highest BCUT2D eigenvalue weighted by Crippen LogP contribution is 2.18. The highest BCUT2D eigenvalue weighted by molar-refractivity contribution is 6.35. The fourth-order valence-electron chi connectivity index (χ4n) is 2.88. The summed E-state index contributed by atoms with van der Waals surface area (Å²) in [5.41, 5.74) is 1.82. The van der Waals surface area contributed by atoms with Crippen LogP contribution in [0.2, 0.25) is 0 Å². The lowest BCUT2D eigenvalue weighted by Crippen LogP contribution is -2.56. The number of aryl methyl sites for hydroxylation is 1. The van der Waals surface area contributed by atoms with Crippen LogP contribution in [0.25, 0.3) is 0 Å². The summed E-state index contributed by atoms with van der Waals surface area (Å²) < 4.78 is 4.71. The van der Waals surface area contributed by atoms with Gasteiger partial charge >= 0.3 is 17.8 Å². The number of benzene rings is 1. The molecule has 0 bridgehead atoms. The van der Waals surface area contributed by atoms with Crippen molar-refractivity contribution >= 4 is 23.7 Å². The molecule has 1 aliphatic rings. The van der Waals surface area contributed by atoms with Crippen LogP contribution in [0.4, 0.5) is 0 Å². The molecular weight excluding hydrogens is 350 g/mol. The van der Waals surface area contributed by atoms with Crippen LogP contribution in [0.3, 0.4) is 0 Å². The number of hydrogen-bond donors (Lipinski definition) is 1. The fraction of sp³-hybridized carbons (Fsp3) is 0.474. The van der Waals surface area contributed by atoms with Gasteiger partial charge in [0.1, 0.15) is 6.54 Å². The Kier molecular flexibility index (Phi) is 6.92. The molecule has 1 aromatic carbocycles. The van der Waals surface area contributed by atoms with Gasteiger partial charge in [0.05, 0.1) is 19.6 Å². The van der Waals surface area contributed by atoms with E-state index in [4.69, 9.17) is 4.74 Å². The third-order valence-corrected chi connectivity index (χ3v) is 4.53. The molecule has 0 aliphatic carbocycles. The average Bonchev–Trinajstić information content (AvgIpc) is 2.65. The van der Waals surface area contributed by atoms with Crippen molar-refractivity contribution in [1.29, 1.82) is 0 Å². The summed E-state index contributed by atoms with van der Waals surface area (Å²) in [5, 5.41) is 2.77. The minimum Gasteiger partial charge on any atom is -0.469 e. The van der Waals surface area contributed by atoms with Crippen molar-refractivity contribution in [2.45, 2.75) is 26.3 Å². The molecule has 0 aromatic heterocycles. The molecule has 0 spiro atoms. The van der Waals surface area contributed by atoms with Crippen molar-refractivity contribution in [3.05, 3.63) is 35.4 Å². The van der Waals surface area contributed by atoms with E-state index >= 15 is 0 Å². The van der Waals surface area contributed by atoms with Crippen molar-refractivity contribution in [2.24, 2.45) is 0 Å². The smallest absolute Gasteiger partial charge is 0.312 e. The first-order chi connectivity index (χ1) is 12.8. The highest BCUT2D eigenvalue weighted by Gasteiger charge is 2.33. The van der Waals surface area contributed by atoms with E-state index in [0.717, 1.165) is 11.1 Å². The lowest BCUT2D eigenvalue weighted by atomic mass is 10.0. The first-order valence-electron chi connectivity index (χ1n) is 8.86. The highest BCUT2D eigenvalue weighted by atomic mass is 16.5. The summed E-state index contributed by atoms with van der Waals surface area (Å²) in [7, 11) is 1.29. The second-order valence-corrected chi connectivity index (χ2v) is 6.42. The van der Waals surface area contributed by atoms with Crippen LogP contribution in [0.5, 0.6) is 0 Å². The standard InChI is InChI=1S/C19H25N3O5/c1-4-21-9-10-22(19(26)18(21)25)12-16(23)20-15(11-17(24)27-3)14-7-5-13(2)6-8-14/h5-8,15H,4,9-12H2,1-3H3,(H,20,23). The van der Waals surface area contributed by atoms with E-state index in [1.807, 2.05) is 31.2 Å². The van der Waals surface area contributed by atoms with Gasteiger partial charge in [-0.15, -0.1) is 0 Å². The first kappa shape index (κ1) is 20.4. The van der Waals surface area contributed by atoms with E-state index in [1.165, 1.54) is 16.9 Å². The second-order valence-electron chi connectivity index (χ2n) is 6.42. The number of nitrogens with one attached hydrogen (secondary N) is 1. The van der Waals surface area contributed by atoms with E-state index in [0.29, 0.717) is 19.6 Å². The first-order valence-corrected chi connectivity index (χ1v) is 8.86. The molecule has 1 fully saturated rings. The van der Waals surface area contributed by atoms with E-state index in [1.54, 1.807) is 6.92 Å². The average molecular weight is 375 g/mol. The molecular formula is C19H25N3O5. The molecule has 27 heavy (non-hydrogen) atoms. The third-order valence-electron chi connectivity index (χ3n) is 4.53. The quantitative estimate of drug-likeness (QED) is 0.550. The van der Waals surface area contributed by atoms with Gasteiger partial charge in [-0.1, -0.05) is 29.8 Å². The Hall–Kier alpha value is -2.90. The second kappa shape index (κ2) is 9.16. The molecule has 2 rings (SSSR count). The maximum absolute atomic E-state index is 12.5. The molecule has 1 saturated heterocycles. The number of esters is 1. The van der Waals surface area contributed by atoms with E-state index in [2.05, 4.69) is 5.32 Å². The number of nitrogens with zero attached hydrogens (tertiary/aromatic N) is 2. The van der Waals surface area contributed by atoms with Gasteiger partial charge in [0.2, 0.25) is 5.91 Å². The molecule has 1 N–H and O–H groups in total. The zero-order valence-electron chi connectivity index (χ0n) is 15.9. The summed E-state index contributed by atoms with van der Waals surface area (Å²) >= 11 is 0. The predicted octanol–water partition coefficient (Wildman–Crippen LogP) is 0.406. The molecule has 1 atom stereocenters. The summed E-state index contributed by atoms with van der Waals surface area (Å²) in [5.74, 6) is -2.17. The summed E-state index contributed by atoms with van der Waals surface area (Å²) in [6, 6.07) is 6.86. The maximum atomic E-state index is 12.5. The van der Waals surface area contributed by atoms with Crippen molar-refractivity contribution < 1.29 is 23.9 Å². The molecule has 146 valence electrons. The van der Waals surface area contributed by atoms with Crippen LogP contribution < -0.4 is 5.32 Å². The molecule has 1 heterocycles. The van der Waals surface area contributed by atoms with Crippen molar-refractivity contribution in [3.8, 4) is 0 Å². The fourth-order valence-corrected chi connectivity index (χ4v) is 2.88. The molecule has 1 aliphatic heterocycles. The van der Waals surface area contributed by atoms with Crippen LogP contribution in [0.1, 0.15) is 30.5 Å². The lowest BCUT2D eigenvalue weighted by molar-refractivity contribution is -0.156. The largest absolute Gasteiger partial charge is 0.469 e. The molecule has 0 saturated carbocycles. The molecule has 8 heteroatoms. The van der Waals surface area contributed by atoms with Crippen molar-refractivity contribution in [1.82, 2.24) is 15.1 Å². The van der Waals surface area contributed by atoms with Gasteiger partial charge in [-0.3, -0.25) is 19.2 Å². The molecule has 0 radical (unpaired) electrons. The monoisotopic (exact) mass is 375 g/mol. The van der Waals surface area contributed by atoms with Gasteiger partial charge in [0, 0.05) is 19.6 Å².